The van der Waals surface area contributed by atoms with Crippen LogP contribution in [0.4, 0.5) is 4.39 Å². The highest BCUT2D eigenvalue weighted by Gasteiger charge is 2.20. The number of hydrogen-bond acceptors (Lipinski definition) is 2. The lowest BCUT2D eigenvalue weighted by atomic mass is 10.0. The van der Waals surface area contributed by atoms with Crippen LogP contribution in [0.25, 0.3) is 0 Å². The zero-order valence-electron chi connectivity index (χ0n) is 10.0. The molecule has 0 saturated heterocycles. The third-order valence-corrected chi connectivity index (χ3v) is 4.86. The molecule has 2 aromatic rings. The van der Waals surface area contributed by atoms with Crippen molar-refractivity contribution in [3.05, 3.63) is 62.8 Å². The van der Waals surface area contributed by atoms with E-state index >= 15 is 0 Å². The molecule has 1 N–H and O–H groups in total. The minimum absolute atomic E-state index is 0.0156. The molecule has 0 bridgehead atoms. The Morgan fingerprint density at radius 1 is 1.21 bits per heavy atom. The Morgan fingerprint density at radius 3 is 2.58 bits per heavy atom. The molecule has 0 spiro atoms. The second kappa shape index (κ2) is 6.27. The molecule has 0 radical (unpaired) electrons. The predicted molar refractivity (Wildman–Crippen MR) is 81.4 cm³/mol. The van der Waals surface area contributed by atoms with Gasteiger partial charge in [0.2, 0.25) is 0 Å². The number of aliphatic hydroxyl groups excluding tert-OH is 1. The lowest BCUT2D eigenvalue weighted by Crippen LogP contribution is -2.04. The molecule has 19 heavy (non-hydrogen) atoms. The van der Waals surface area contributed by atoms with E-state index in [9.17, 15) is 9.50 Å². The number of hydrogen-bond donors (Lipinski definition) is 1. The van der Waals surface area contributed by atoms with Crippen LogP contribution in [0.2, 0.25) is 5.02 Å². The Kier molecular flexibility index (Phi) is 4.90. The van der Waals surface area contributed by atoms with Gasteiger partial charge in [-0.15, -0.1) is 11.8 Å². The van der Waals surface area contributed by atoms with E-state index in [-0.39, 0.29) is 10.6 Å². The largest absolute Gasteiger partial charge is 0.384 e. The molecule has 0 aliphatic heterocycles. The van der Waals surface area contributed by atoms with Crippen LogP contribution < -0.4 is 0 Å². The van der Waals surface area contributed by atoms with Crippen LogP contribution in [-0.2, 0) is 0 Å². The summed E-state index contributed by atoms with van der Waals surface area (Å²) in [6.45, 7) is 0. The number of benzene rings is 2. The normalized spacial score (nSPS) is 12.5. The van der Waals surface area contributed by atoms with E-state index in [1.54, 1.807) is 12.1 Å². The molecular formula is C14H11BrClFOS. The highest BCUT2D eigenvalue weighted by molar-refractivity contribution is 9.10. The van der Waals surface area contributed by atoms with Crippen LogP contribution in [0.15, 0.2) is 45.8 Å². The first-order valence-corrected chi connectivity index (χ1v) is 7.90. The van der Waals surface area contributed by atoms with Crippen molar-refractivity contribution < 1.29 is 9.50 Å². The minimum atomic E-state index is -1.03. The molecule has 0 amide bonds. The maximum absolute atomic E-state index is 14.1. The van der Waals surface area contributed by atoms with E-state index in [4.69, 9.17) is 11.6 Å². The maximum atomic E-state index is 14.1. The van der Waals surface area contributed by atoms with Crippen molar-refractivity contribution in [2.45, 2.75) is 11.0 Å². The molecular weight excluding hydrogens is 351 g/mol. The Balaban J connectivity index is 2.50. The van der Waals surface area contributed by atoms with E-state index in [2.05, 4.69) is 15.9 Å². The summed E-state index contributed by atoms with van der Waals surface area (Å²) in [6, 6.07) is 10.5. The summed E-state index contributed by atoms with van der Waals surface area (Å²) in [5, 5.41) is 10.4. The SMILES string of the molecule is CSc1ccccc1C(O)c1ccc(Br)c(Cl)c1F. The second-order valence-corrected chi connectivity index (χ2v) is 5.99. The first-order chi connectivity index (χ1) is 9.06. The highest BCUT2D eigenvalue weighted by Crippen LogP contribution is 2.35. The molecule has 1 unspecified atom stereocenters. The van der Waals surface area contributed by atoms with Crippen LogP contribution in [0.1, 0.15) is 17.2 Å². The molecule has 0 saturated carbocycles. The zero-order chi connectivity index (χ0) is 14.0. The highest BCUT2D eigenvalue weighted by atomic mass is 79.9. The Bertz CT molecular complexity index is 606. The fourth-order valence-electron chi connectivity index (χ4n) is 1.81. The molecule has 0 fully saturated rings. The van der Waals surface area contributed by atoms with Gasteiger partial charge in [-0.25, -0.2) is 4.39 Å². The molecule has 2 rings (SSSR count). The van der Waals surface area contributed by atoms with Gasteiger partial charge in [-0.2, -0.15) is 0 Å². The van der Waals surface area contributed by atoms with Gasteiger partial charge in [0.15, 0.2) is 0 Å². The number of halogens is 3. The zero-order valence-corrected chi connectivity index (χ0v) is 13.2. The Labute approximate surface area is 128 Å². The predicted octanol–water partition coefficient (Wildman–Crippen LogP) is 5.05. The van der Waals surface area contributed by atoms with Crippen LogP contribution in [-0.4, -0.2) is 11.4 Å². The molecule has 1 nitrogen and oxygen atoms in total. The molecule has 100 valence electrons. The van der Waals surface area contributed by atoms with Crippen molar-refractivity contribution in [2.75, 3.05) is 6.26 Å². The first kappa shape index (κ1) is 14.9. The van der Waals surface area contributed by atoms with Gasteiger partial charge in [0.1, 0.15) is 11.9 Å². The van der Waals surface area contributed by atoms with Gasteiger partial charge in [-0.05, 0) is 39.9 Å². The van der Waals surface area contributed by atoms with E-state index in [0.717, 1.165) is 4.90 Å². The third kappa shape index (κ3) is 2.97. The quantitative estimate of drug-likeness (QED) is 0.610. The van der Waals surface area contributed by atoms with Crippen molar-refractivity contribution in [3.63, 3.8) is 0 Å². The molecule has 0 heterocycles. The van der Waals surface area contributed by atoms with Crippen molar-refractivity contribution in [1.82, 2.24) is 0 Å². The Morgan fingerprint density at radius 2 is 1.89 bits per heavy atom. The lowest BCUT2D eigenvalue weighted by Gasteiger charge is -2.16. The van der Waals surface area contributed by atoms with Crippen molar-refractivity contribution >= 4 is 39.3 Å². The molecule has 0 aromatic heterocycles. The van der Waals surface area contributed by atoms with Gasteiger partial charge in [0.25, 0.3) is 0 Å². The van der Waals surface area contributed by atoms with Gasteiger partial charge in [-0.3, -0.25) is 0 Å². The van der Waals surface area contributed by atoms with Crippen molar-refractivity contribution in [1.29, 1.82) is 0 Å². The smallest absolute Gasteiger partial charge is 0.149 e. The van der Waals surface area contributed by atoms with Crippen molar-refractivity contribution in [2.24, 2.45) is 0 Å². The standard InChI is InChI=1S/C14H11BrClFOS/c1-19-11-5-3-2-4-8(11)14(18)9-6-7-10(15)12(16)13(9)17/h2-7,14,18H,1H3. The summed E-state index contributed by atoms with van der Waals surface area (Å²) in [7, 11) is 0. The van der Waals surface area contributed by atoms with Gasteiger partial charge in [0, 0.05) is 14.9 Å². The summed E-state index contributed by atoms with van der Waals surface area (Å²) in [5.41, 5.74) is 0.849. The summed E-state index contributed by atoms with van der Waals surface area (Å²) < 4.78 is 14.6. The summed E-state index contributed by atoms with van der Waals surface area (Å²) in [5.74, 6) is -0.598. The van der Waals surface area contributed by atoms with Gasteiger partial charge in [0.05, 0.1) is 5.02 Å². The second-order valence-electron chi connectivity index (χ2n) is 3.91. The van der Waals surface area contributed by atoms with Crippen molar-refractivity contribution in [3.8, 4) is 0 Å². The molecule has 1 atom stereocenters. The fraction of sp³-hybridized carbons (Fsp3) is 0.143. The van der Waals surface area contributed by atoms with Crippen LogP contribution in [0.5, 0.6) is 0 Å². The van der Waals surface area contributed by atoms with Crippen LogP contribution in [0.3, 0.4) is 0 Å². The van der Waals surface area contributed by atoms with Gasteiger partial charge >= 0.3 is 0 Å². The first-order valence-electron chi connectivity index (χ1n) is 5.50. The lowest BCUT2D eigenvalue weighted by molar-refractivity contribution is 0.212. The number of rotatable bonds is 3. The van der Waals surface area contributed by atoms with E-state index in [0.29, 0.717) is 10.0 Å². The molecule has 0 aliphatic rings. The number of aliphatic hydroxyl groups is 1. The van der Waals surface area contributed by atoms with Crippen LogP contribution in [0, 0.1) is 5.82 Å². The monoisotopic (exact) mass is 360 g/mol. The Hall–Kier alpha value is -0.550. The van der Waals surface area contributed by atoms with Gasteiger partial charge in [-0.1, -0.05) is 35.9 Å². The number of thioether (sulfide) groups is 1. The third-order valence-electron chi connectivity index (χ3n) is 2.79. The van der Waals surface area contributed by atoms with E-state index < -0.39 is 11.9 Å². The average molecular weight is 362 g/mol. The molecule has 0 aliphatic carbocycles. The summed E-state index contributed by atoms with van der Waals surface area (Å²) >= 11 is 10.5. The van der Waals surface area contributed by atoms with E-state index in [1.807, 2.05) is 24.5 Å². The van der Waals surface area contributed by atoms with Gasteiger partial charge < -0.3 is 5.11 Å². The topological polar surface area (TPSA) is 20.2 Å². The van der Waals surface area contributed by atoms with E-state index in [1.165, 1.54) is 17.8 Å². The van der Waals surface area contributed by atoms with Crippen LogP contribution >= 0.6 is 39.3 Å². The average Bonchev–Trinajstić information content (AvgIpc) is 2.44. The maximum Gasteiger partial charge on any atom is 0.149 e. The molecule has 5 heteroatoms. The fourth-order valence-corrected chi connectivity index (χ4v) is 2.92. The minimum Gasteiger partial charge on any atom is -0.384 e. The molecule has 2 aromatic carbocycles. The summed E-state index contributed by atoms with van der Waals surface area (Å²) in [6.07, 6.45) is 0.880. The summed E-state index contributed by atoms with van der Waals surface area (Å²) in [4.78, 5) is 0.911.